The van der Waals surface area contributed by atoms with Gasteiger partial charge in [-0.2, -0.15) is 0 Å². The molecule has 0 bridgehead atoms. The number of aliphatic hydroxyl groups excluding tert-OH is 1. The number of hydrogen-bond acceptors (Lipinski definition) is 4. The second-order valence-corrected chi connectivity index (χ2v) is 5.20. The molecule has 1 saturated carbocycles. The predicted octanol–water partition coefficient (Wildman–Crippen LogP) is 2.57. The van der Waals surface area contributed by atoms with Crippen LogP contribution in [0.3, 0.4) is 0 Å². The summed E-state index contributed by atoms with van der Waals surface area (Å²) in [5.41, 5.74) is 1.15. The second-order valence-electron chi connectivity index (χ2n) is 5.20. The zero-order chi connectivity index (χ0) is 14.4. The van der Waals surface area contributed by atoms with Gasteiger partial charge in [-0.1, -0.05) is 18.9 Å². The fraction of sp³-hybridized carbons (Fsp3) is 0.625. The minimum Gasteiger partial charge on any atom is -0.493 e. The van der Waals surface area contributed by atoms with Gasteiger partial charge in [0.05, 0.1) is 33.0 Å². The lowest BCUT2D eigenvalue weighted by Crippen LogP contribution is -2.32. The third-order valence-electron chi connectivity index (χ3n) is 3.84. The molecule has 0 saturated heterocycles. The average Bonchev–Trinajstić information content (AvgIpc) is 2.49. The summed E-state index contributed by atoms with van der Waals surface area (Å²) < 4.78 is 16.3. The highest BCUT2D eigenvalue weighted by molar-refractivity contribution is 5.42. The third kappa shape index (κ3) is 3.87. The summed E-state index contributed by atoms with van der Waals surface area (Å²) in [6.07, 6.45) is 4.60. The largest absolute Gasteiger partial charge is 0.493 e. The van der Waals surface area contributed by atoms with Crippen molar-refractivity contribution in [1.29, 1.82) is 0 Å². The van der Waals surface area contributed by atoms with Crippen LogP contribution >= 0.6 is 0 Å². The summed E-state index contributed by atoms with van der Waals surface area (Å²) in [4.78, 5) is 0. The molecule has 4 nitrogen and oxygen atoms in total. The minimum atomic E-state index is -0.297. The Kier molecular flexibility index (Phi) is 5.68. The van der Waals surface area contributed by atoms with E-state index in [9.17, 15) is 5.11 Å². The topological polar surface area (TPSA) is 47.9 Å². The van der Waals surface area contributed by atoms with Gasteiger partial charge in [-0.05, 0) is 37.0 Å². The SMILES string of the molecule is COc1ccc(CCOC2CCCC[C@@H]2O)cc1OC. The Bertz CT molecular complexity index is 419. The van der Waals surface area contributed by atoms with Crippen LogP contribution in [0.5, 0.6) is 11.5 Å². The highest BCUT2D eigenvalue weighted by atomic mass is 16.5. The molecule has 2 rings (SSSR count). The van der Waals surface area contributed by atoms with Crippen LogP contribution in [0.2, 0.25) is 0 Å². The maximum Gasteiger partial charge on any atom is 0.160 e. The van der Waals surface area contributed by atoms with E-state index in [-0.39, 0.29) is 12.2 Å². The van der Waals surface area contributed by atoms with Gasteiger partial charge in [-0.25, -0.2) is 0 Å². The Morgan fingerprint density at radius 3 is 2.55 bits per heavy atom. The van der Waals surface area contributed by atoms with Gasteiger partial charge in [-0.3, -0.25) is 0 Å². The van der Waals surface area contributed by atoms with Crippen molar-refractivity contribution in [2.45, 2.75) is 44.3 Å². The first-order valence-corrected chi connectivity index (χ1v) is 7.25. The van der Waals surface area contributed by atoms with Crippen molar-refractivity contribution in [3.63, 3.8) is 0 Å². The number of hydrogen-bond donors (Lipinski definition) is 1. The number of methoxy groups -OCH3 is 2. The Balaban J connectivity index is 1.84. The van der Waals surface area contributed by atoms with Crippen LogP contribution in [0.15, 0.2) is 18.2 Å². The molecule has 1 aromatic rings. The van der Waals surface area contributed by atoms with Gasteiger partial charge in [0, 0.05) is 0 Å². The first-order valence-electron chi connectivity index (χ1n) is 7.25. The quantitative estimate of drug-likeness (QED) is 0.870. The molecule has 4 heteroatoms. The normalized spacial score (nSPS) is 22.6. The maximum absolute atomic E-state index is 9.86. The molecule has 2 atom stereocenters. The van der Waals surface area contributed by atoms with Crippen LogP contribution < -0.4 is 9.47 Å². The molecule has 1 aliphatic rings. The fourth-order valence-corrected chi connectivity index (χ4v) is 2.64. The Labute approximate surface area is 120 Å². The minimum absolute atomic E-state index is 0.00361. The summed E-state index contributed by atoms with van der Waals surface area (Å²) in [5.74, 6) is 1.47. The molecule has 1 aromatic carbocycles. The van der Waals surface area contributed by atoms with Crippen molar-refractivity contribution in [3.05, 3.63) is 23.8 Å². The van der Waals surface area contributed by atoms with E-state index in [1.165, 1.54) is 0 Å². The number of rotatable bonds is 6. The van der Waals surface area contributed by atoms with Crippen molar-refractivity contribution >= 4 is 0 Å². The number of aliphatic hydroxyl groups is 1. The molecular weight excluding hydrogens is 256 g/mol. The molecule has 0 amide bonds. The lowest BCUT2D eigenvalue weighted by Gasteiger charge is -2.27. The van der Waals surface area contributed by atoms with Gasteiger partial charge < -0.3 is 19.3 Å². The van der Waals surface area contributed by atoms with Crippen molar-refractivity contribution in [2.75, 3.05) is 20.8 Å². The van der Waals surface area contributed by atoms with Crippen LogP contribution in [-0.4, -0.2) is 38.1 Å². The van der Waals surface area contributed by atoms with Gasteiger partial charge in [0.15, 0.2) is 11.5 Å². The summed E-state index contributed by atoms with van der Waals surface area (Å²) in [6.45, 7) is 0.622. The molecule has 112 valence electrons. The monoisotopic (exact) mass is 280 g/mol. The second kappa shape index (κ2) is 7.50. The maximum atomic E-state index is 9.86. The number of benzene rings is 1. The van der Waals surface area contributed by atoms with Crippen molar-refractivity contribution in [2.24, 2.45) is 0 Å². The zero-order valence-electron chi connectivity index (χ0n) is 12.3. The fourth-order valence-electron chi connectivity index (χ4n) is 2.64. The summed E-state index contributed by atoms with van der Waals surface area (Å²) in [7, 11) is 3.27. The molecule has 1 N–H and O–H groups in total. The van der Waals surface area contributed by atoms with E-state index in [0.717, 1.165) is 49.2 Å². The molecule has 0 spiro atoms. The molecule has 0 radical (unpaired) electrons. The third-order valence-corrected chi connectivity index (χ3v) is 3.84. The Morgan fingerprint density at radius 2 is 1.85 bits per heavy atom. The van der Waals surface area contributed by atoms with Crippen molar-refractivity contribution in [1.82, 2.24) is 0 Å². The van der Waals surface area contributed by atoms with E-state index in [1.807, 2.05) is 18.2 Å². The predicted molar refractivity (Wildman–Crippen MR) is 77.5 cm³/mol. The van der Waals surface area contributed by atoms with Gasteiger partial charge >= 0.3 is 0 Å². The van der Waals surface area contributed by atoms with Gasteiger partial charge in [0.2, 0.25) is 0 Å². The van der Waals surface area contributed by atoms with Gasteiger partial charge in [0.1, 0.15) is 0 Å². The van der Waals surface area contributed by atoms with Crippen LogP contribution in [0, 0.1) is 0 Å². The first kappa shape index (κ1) is 15.1. The van der Waals surface area contributed by atoms with E-state index in [1.54, 1.807) is 14.2 Å². The van der Waals surface area contributed by atoms with E-state index in [0.29, 0.717) is 6.61 Å². The highest BCUT2D eigenvalue weighted by Crippen LogP contribution is 2.28. The smallest absolute Gasteiger partial charge is 0.160 e. The number of ether oxygens (including phenoxy) is 3. The molecule has 0 aliphatic heterocycles. The van der Waals surface area contributed by atoms with Crippen LogP contribution in [-0.2, 0) is 11.2 Å². The molecule has 0 heterocycles. The Morgan fingerprint density at radius 1 is 1.10 bits per heavy atom. The summed E-state index contributed by atoms with van der Waals surface area (Å²) >= 11 is 0. The molecule has 1 aliphatic carbocycles. The van der Waals surface area contributed by atoms with E-state index >= 15 is 0 Å². The first-order chi connectivity index (χ1) is 9.74. The van der Waals surface area contributed by atoms with Crippen LogP contribution in [0.1, 0.15) is 31.2 Å². The van der Waals surface area contributed by atoms with E-state index < -0.39 is 0 Å². The van der Waals surface area contributed by atoms with Crippen LogP contribution in [0.4, 0.5) is 0 Å². The molecule has 0 aromatic heterocycles. The lowest BCUT2D eigenvalue weighted by atomic mass is 9.95. The zero-order valence-corrected chi connectivity index (χ0v) is 12.3. The molecule has 1 fully saturated rings. The van der Waals surface area contributed by atoms with E-state index in [2.05, 4.69) is 0 Å². The lowest BCUT2D eigenvalue weighted by molar-refractivity contribution is -0.0575. The average molecular weight is 280 g/mol. The van der Waals surface area contributed by atoms with Crippen LogP contribution in [0.25, 0.3) is 0 Å². The van der Waals surface area contributed by atoms with Gasteiger partial charge in [-0.15, -0.1) is 0 Å². The summed E-state index contributed by atoms with van der Waals surface area (Å²) in [6, 6.07) is 5.89. The molecular formula is C16H24O4. The van der Waals surface area contributed by atoms with Gasteiger partial charge in [0.25, 0.3) is 0 Å². The van der Waals surface area contributed by atoms with Crippen molar-refractivity contribution in [3.8, 4) is 11.5 Å². The van der Waals surface area contributed by atoms with Crippen molar-refractivity contribution < 1.29 is 19.3 Å². The van der Waals surface area contributed by atoms with E-state index in [4.69, 9.17) is 14.2 Å². The standard InChI is InChI=1S/C16H24O4/c1-18-15-8-7-12(11-16(15)19-2)9-10-20-14-6-4-3-5-13(14)17/h7-8,11,13-14,17H,3-6,9-10H2,1-2H3/t13-,14?/m0/s1. The summed E-state index contributed by atoms with van der Waals surface area (Å²) in [5, 5.41) is 9.86. The Hall–Kier alpha value is -1.26. The highest BCUT2D eigenvalue weighted by Gasteiger charge is 2.23. The molecule has 1 unspecified atom stereocenters. The molecule has 20 heavy (non-hydrogen) atoms.